The van der Waals surface area contributed by atoms with E-state index in [9.17, 15) is 4.79 Å². The number of amides is 1. The van der Waals surface area contributed by atoms with E-state index in [4.69, 9.17) is 0 Å². The van der Waals surface area contributed by atoms with Gasteiger partial charge in [0.15, 0.2) is 0 Å². The van der Waals surface area contributed by atoms with Crippen molar-refractivity contribution in [3.63, 3.8) is 0 Å². The van der Waals surface area contributed by atoms with Gasteiger partial charge in [0.1, 0.15) is 4.60 Å². The molecule has 1 atom stereocenters. The van der Waals surface area contributed by atoms with Gasteiger partial charge in [-0.15, -0.1) is 0 Å². The molecule has 1 aromatic rings. The van der Waals surface area contributed by atoms with Gasteiger partial charge in [-0.25, -0.2) is 4.98 Å². The number of rotatable bonds is 2. The lowest BCUT2D eigenvalue weighted by Gasteiger charge is -2.18. The van der Waals surface area contributed by atoms with Crippen LogP contribution in [0.5, 0.6) is 0 Å². The van der Waals surface area contributed by atoms with Crippen molar-refractivity contribution in [2.75, 3.05) is 13.1 Å². The van der Waals surface area contributed by atoms with Crippen molar-refractivity contribution in [2.24, 2.45) is 5.92 Å². The maximum Gasteiger partial charge on any atom is 0.219 e. The number of nitrogens with zero attached hydrogens (tertiary/aromatic N) is 2. The van der Waals surface area contributed by atoms with Gasteiger partial charge >= 0.3 is 0 Å². The maximum atomic E-state index is 11.4. The van der Waals surface area contributed by atoms with Crippen molar-refractivity contribution in [3.8, 4) is 0 Å². The first-order valence-corrected chi connectivity index (χ1v) is 7.31. The summed E-state index contributed by atoms with van der Waals surface area (Å²) in [6.07, 6.45) is 4.41. The molecule has 18 heavy (non-hydrogen) atoms. The predicted octanol–water partition coefficient (Wildman–Crippen LogP) is 3.04. The minimum atomic E-state index is 0.205. The Bertz CT molecular complexity index is 422. The molecule has 0 aliphatic carbocycles. The third-order valence-electron chi connectivity index (χ3n) is 3.56. The first kappa shape index (κ1) is 13.5. The van der Waals surface area contributed by atoms with Gasteiger partial charge in [0.2, 0.25) is 5.91 Å². The van der Waals surface area contributed by atoms with Gasteiger partial charge in [0.05, 0.1) is 0 Å². The molecule has 3 nitrogen and oxygen atoms in total. The average Bonchev–Trinajstić information content (AvgIpc) is 2.55. The Labute approximate surface area is 117 Å². The van der Waals surface area contributed by atoms with Crippen LogP contribution in [0.1, 0.15) is 31.9 Å². The quantitative estimate of drug-likeness (QED) is 0.787. The zero-order valence-corrected chi connectivity index (χ0v) is 12.3. The molecule has 0 aromatic carbocycles. The number of hydrogen-bond acceptors (Lipinski definition) is 2. The Kier molecular flexibility index (Phi) is 4.75. The van der Waals surface area contributed by atoms with Crippen molar-refractivity contribution >= 4 is 21.8 Å². The van der Waals surface area contributed by atoms with Crippen molar-refractivity contribution in [1.29, 1.82) is 0 Å². The summed E-state index contributed by atoms with van der Waals surface area (Å²) >= 11 is 3.41. The van der Waals surface area contributed by atoms with Gasteiger partial charge in [-0.2, -0.15) is 0 Å². The highest BCUT2D eigenvalue weighted by Gasteiger charge is 2.19. The summed E-state index contributed by atoms with van der Waals surface area (Å²) in [6, 6.07) is 6.07. The predicted molar refractivity (Wildman–Crippen MR) is 75.2 cm³/mol. The van der Waals surface area contributed by atoms with Gasteiger partial charge in [-0.3, -0.25) is 4.79 Å². The molecule has 2 heterocycles. The molecule has 0 spiro atoms. The van der Waals surface area contributed by atoms with E-state index in [1.807, 2.05) is 17.0 Å². The monoisotopic (exact) mass is 310 g/mol. The molecule has 1 saturated heterocycles. The van der Waals surface area contributed by atoms with Crippen LogP contribution in [0.2, 0.25) is 0 Å². The van der Waals surface area contributed by atoms with Crippen LogP contribution >= 0.6 is 15.9 Å². The fourth-order valence-corrected chi connectivity index (χ4v) is 2.92. The third kappa shape index (κ3) is 3.80. The normalized spacial score (nSPS) is 20.6. The highest BCUT2D eigenvalue weighted by Crippen LogP contribution is 2.21. The van der Waals surface area contributed by atoms with Crippen LogP contribution in [-0.2, 0) is 11.2 Å². The van der Waals surface area contributed by atoms with E-state index in [1.165, 1.54) is 6.42 Å². The van der Waals surface area contributed by atoms with Crippen molar-refractivity contribution in [3.05, 3.63) is 28.5 Å². The molecule has 1 aliphatic rings. The molecule has 1 fully saturated rings. The minimum absolute atomic E-state index is 0.205. The van der Waals surface area contributed by atoms with E-state index < -0.39 is 0 Å². The molecule has 98 valence electrons. The van der Waals surface area contributed by atoms with Gasteiger partial charge in [0, 0.05) is 25.7 Å². The summed E-state index contributed by atoms with van der Waals surface area (Å²) in [5.74, 6) is 0.854. The Morgan fingerprint density at radius 3 is 3.00 bits per heavy atom. The molecule has 0 radical (unpaired) electrons. The SMILES string of the molecule is CC(=O)N1CCC[C@H](Cc2cccc(Br)n2)CC1. The topological polar surface area (TPSA) is 33.2 Å². The summed E-state index contributed by atoms with van der Waals surface area (Å²) in [5, 5.41) is 0. The van der Waals surface area contributed by atoms with E-state index in [0.717, 1.165) is 42.6 Å². The Hall–Kier alpha value is -0.900. The summed E-state index contributed by atoms with van der Waals surface area (Å²) < 4.78 is 0.902. The van der Waals surface area contributed by atoms with Crippen LogP contribution in [0.25, 0.3) is 0 Å². The smallest absolute Gasteiger partial charge is 0.219 e. The van der Waals surface area contributed by atoms with E-state index in [2.05, 4.69) is 27.0 Å². The van der Waals surface area contributed by atoms with Crippen LogP contribution in [0.15, 0.2) is 22.8 Å². The summed E-state index contributed by atoms with van der Waals surface area (Å²) in [5.41, 5.74) is 1.14. The lowest BCUT2D eigenvalue weighted by molar-refractivity contribution is -0.128. The van der Waals surface area contributed by atoms with Gasteiger partial charge in [-0.05, 0) is 59.7 Å². The van der Waals surface area contributed by atoms with Crippen molar-refractivity contribution in [2.45, 2.75) is 32.6 Å². The standard InChI is InChI=1S/C14H19BrN2O/c1-11(18)17-8-3-4-12(7-9-17)10-13-5-2-6-14(15)16-13/h2,5-6,12H,3-4,7-10H2,1H3/t12-/m0/s1. The number of aromatic nitrogens is 1. The van der Waals surface area contributed by atoms with Gasteiger partial charge in [-0.1, -0.05) is 6.07 Å². The zero-order chi connectivity index (χ0) is 13.0. The molecule has 0 unspecified atom stereocenters. The van der Waals surface area contributed by atoms with Gasteiger partial charge < -0.3 is 4.90 Å². The van der Waals surface area contributed by atoms with Crippen molar-refractivity contribution < 1.29 is 4.79 Å². The van der Waals surface area contributed by atoms with Crippen LogP contribution < -0.4 is 0 Å². The lowest BCUT2D eigenvalue weighted by atomic mass is 9.95. The molecule has 0 bridgehead atoms. The second-order valence-electron chi connectivity index (χ2n) is 4.96. The van der Waals surface area contributed by atoms with E-state index in [1.54, 1.807) is 6.92 Å². The molecule has 1 aliphatic heterocycles. The Balaban J connectivity index is 1.92. The molecule has 0 N–H and O–H groups in total. The van der Waals surface area contributed by atoms with Crippen LogP contribution in [0.3, 0.4) is 0 Å². The van der Waals surface area contributed by atoms with E-state index in [-0.39, 0.29) is 5.91 Å². The van der Waals surface area contributed by atoms with Crippen molar-refractivity contribution in [1.82, 2.24) is 9.88 Å². The number of carbonyl (C=O) groups is 1. The van der Waals surface area contributed by atoms with E-state index >= 15 is 0 Å². The molecule has 1 amide bonds. The van der Waals surface area contributed by atoms with Gasteiger partial charge in [0.25, 0.3) is 0 Å². The minimum Gasteiger partial charge on any atom is -0.343 e. The fourth-order valence-electron chi connectivity index (χ4n) is 2.54. The molecule has 4 heteroatoms. The Morgan fingerprint density at radius 2 is 2.28 bits per heavy atom. The summed E-state index contributed by atoms with van der Waals surface area (Å²) in [6.45, 7) is 3.47. The molecule has 2 rings (SSSR count). The maximum absolute atomic E-state index is 11.4. The number of halogens is 1. The molecule has 0 saturated carbocycles. The zero-order valence-electron chi connectivity index (χ0n) is 10.7. The Morgan fingerprint density at radius 1 is 1.44 bits per heavy atom. The highest BCUT2D eigenvalue weighted by atomic mass is 79.9. The molecular formula is C14H19BrN2O. The second-order valence-corrected chi connectivity index (χ2v) is 5.77. The lowest BCUT2D eigenvalue weighted by Crippen LogP contribution is -2.29. The second kappa shape index (κ2) is 6.32. The highest BCUT2D eigenvalue weighted by molar-refractivity contribution is 9.10. The van der Waals surface area contributed by atoms with Crippen LogP contribution in [-0.4, -0.2) is 28.9 Å². The summed E-state index contributed by atoms with van der Waals surface area (Å²) in [4.78, 5) is 17.8. The summed E-state index contributed by atoms with van der Waals surface area (Å²) in [7, 11) is 0. The molecule has 1 aromatic heterocycles. The number of hydrogen-bond donors (Lipinski definition) is 0. The first-order valence-electron chi connectivity index (χ1n) is 6.52. The number of likely N-dealkylation sites (tertiary alicyclic amines) is 1. The third-order valence-corrected chi connectivity index (χ3v) is 4.01. The largest absolute Gasteiger partial charge is 0.343 e. The average molecular weight is 311 g/mol. The van der Waals surface area contributed by atoms with E-state index in [0.29, 0.717) is 5.92 Å². The number of carbonyl (C=O) groups excluding carboxylic acids is 1. The number of pyridine rings is 1. The van der Waals surface area contributed by atoms with Crippen LogP contribution in [0, 0.1) is 5.92 Å². The molecular weight excluding hydrogens is 292 g/mol. The van der Waals surface area contributed by atoms with Crippen LogP contribution in [0.4, 0.5) is 0 Å². The first-order chi connectivity index (χ1) is 8.65. The fraction of sp³-hybridized carbons (Fsp3) is 0.571.